The summed E-state index contributed by atoms with van der Waals surface area (Å²) < 4.78 is 35.8. The Morgan fingerprint density at radius 3 is 2.58 bits per heavy atom. The van der Waals surface area contributed by atoms with E-state index in [2.05, 4.69) is 0 Å². The number of halogens is 3. The average molecular weight is 282 g/mol. The second-order valence-electron chi connectivity index (χ2n) is 4.76. The molecule has 0 aromatic rings. The number of amides is 1. The van der Waals surface area contributed by atoms with Gasteiger partial charge in [0.15, 0.2) is 0 Å². The number of carboxylic acids is 1. The molecule has 2 atom stereocenters. The topological polar surface area (TPSA) is 69.6 Å². The predicted octanol–water partition coefficient (Wildman–Crippen LogP) is 0.850. The lowest BCUT2D eigenvalue weighted by Gasteiger charge is -2.36. The molecule has 0 saturated carbocycles. The predicted molar refractivity (Wildman–Crippen MR) is 60.5 cm³/mol. The highest BCUT2D eigenvalue weighted by molar-refractivity contribution is 5.80. The van der Waals surface area contributed by atoms with Crippen molar-refractivity contribution in [2.75, 3.05) is 19.6 Å². The zero-order valence-electron chi connectivity index (χ0n) is 10.5. The van der Waals surface area contributed by atoms with Crippen LogP contribution >= 0.6 is 0 Å². The summed E-state index contributed by atoms with van der Waals surface area (Å²) in [4.78, 5) is 23.9. The molecule has 19 heavy (non-hydrogen) atoms. The van der Waals surface area contributed by atoms with Crippen LogP contribution in [-0.2, 0) is 9.59 Å². The lowest BCUT2D eigenvalue weighted by molar-refractivity contribution is -0.149. The van der Waals surface area contributed by atoms with E-state index in [0.29, 0.717) is 6.54 Å². The highest BCUT2D eigenvalue weighted by Crippen LogP contribution is 2.23. The molecular weight excluding hydrogens is 265 g/mol. The molecule has 0 aliphatic carbocycles. The maximum atomic E-state index is 11.9. The third-order valence-corrected chi connectivity index (χ3v) is 3.12. The number of hydrogen-bond acceptors (Lipinski definition) is 3. The number of nitrogens with one attached hydrogen (secondary N) is 1. The average Bonchev–Trinajstić information content (AvgIpc) is 2.25. The van der Waals surface area contributed by atoms with Crippen LogP contribution in [0.25, 0.3) is 0 Å². The Hall–Kier alpha value is -1.31. The third-order valence-electron chi connectivity index (χ3n) is 3.12. The number of piperidine rings is 1. The summed E-state index contributed by atoms with van der Waals surface area (Å²) >= 11 is 0. The summed E-state index contributed by atoms with van der Waals surface area (Å²) in [6.07, 6.45) is -2.99. The maximum Gasteiger partial charge on any atom is 0.405 e. The van der Waals surface area contributed by atoms with E-state index in [1.165, 1.54) is 4.90 Å². The Bertz CT molecular complexity index is 347. The lowest BCUT2D eigenvalue weighted by Crippen LogP contribution is -2.53. The van der Waals surface area contributed by atoms with Crippen LogP contribution in [0.1, 0.15) is 19.8 Å². The number of hydrogen-bond donors (Lipinski definition) is 2. The van der Waals surface area contributed by atoms with Gasteiger partial charge in [-0.05, 0) is 25.3 Å². The van der Waals surface area contributed by atoms with Crippen molar-refractivity contribution in [2.24, 2.45) is 5.92 Å². The van der Waals surface area contributed by atoms with E-state index < -0.39 is 30.6 Å². The number of carboxylic acid groups (broad SMARTS) is 1. The first kappa shape index (κ1) is 15.7. The van der Waals surface area contributed by atoms with Crippen molar-refractivity contribution in [1.29, 1.82) is 0 Å². The van der Waals surface area contributed by atoms with Crippen molar-refractivity contribution in [3.8, 4) is 0 Å². The molecule has 1 amide bonds. The second-order valence-corrected chi connectivity index (χ2v) is 4.76. The third kappa shape index (κ3) is 5.06. The summed E-state index contributed by atoms with van der Waals surface area (Å²) in [5.41, 5.74) is 0. The molecular formula is C11H17F3N2O3. The molecule has 1 fully saturated rings. The van der Waals surface area contributed by atoms with E-state index in [0.717, 1.165) is 12.8 Å². The van der Waals surface area contributed by atoms with Crippen molar-refractivity contribution >= 4 is 11.9 Å². The van der Waals surface area contributed by atoms with Gasteiger partial charge in [0.1, 0.15) is 12.6 Å². The van der Waals surface area contributed by atoms with Gasteiger partial charge in [0.25, 0.3) is 0 Å². The van der Waals surface area contributed by atoms with Gasteiger partial charge in [0.05, 0.1) is 6.54 Å². The van der Waals surface area contributed by atoms with Gasteiger partial charge < -0.3 is 10.4 Å². The summed E-state index contributed by atoms with van der Waals surface area (Å²) in [6.45, 7) is 0.448. The molecule has 2 N–H and O–H groups in total. The summed E-state index contributed by atoms with van der Waals surface area (Å²) in [6, 6.07) is -0.814. The number of aliphatic carboxylic acids is 1. The van der Waals surface area contributed by atoms with Crippen LogP contribution in [0.4, 0.5) is 13.2 Å². The summed E-state index contributed by atoms with van der Waals surface area (Å²) in [7, 11) is 0. The molecule has 8 heteroatoms. The Morgan fingerprint density at radius 1 is 1.42 bits per heavy atom. The second kappa shape index (κ2) is 6.23. The van der Waals surface area contributed by atoms with Crippen LogP contribution in [0, 0.1) is 5.92 Å². The first-order valence-corrected chi connectivity index (χ1v) is 6.01. The quantitative estimate of drug-likeness (QED) is 0.802. The van der Waals surface area contributed by atoms with E-state index in [1.54, 1.807) is 12.2 Å². The molecule has 0 aromatic heterocycles. The largest absolute Gasteiger partial charge is 0.480 e. The number of rotatable bonds is 4. The van der Waals surface area contributed by atoms with E-state index in [-0.39, 0.29) is 12.5 Å². The molecule has 110 valence electrons. The van der Waals surface area contributed by atoms with Gasteiger partial charge in [-0.25, -0.2) is 0 Å². The number of carbonyl (C=O) groups is 2. The van der Waals surface area contributed by atoms with E-state index in [1.807, 2.05) is 0 Å². The Kier molecular flexibility index (Phi) is 5.16. The fourth-order valence-corrected chi connectivity index (χ4v) is 2.29. The zero-order valence-corrected chi connectivity index (χ0v) is 10.5. The van der Waals surface area contributed by atoms with Crippen LogP contribution in [-0.4, -0.2) is 53.7 Å². The van der Waals surface area contributed by atoms with Gasteiger partial charge in [-0.2, -0.15) is 13.2 Å². The van der Waals surface area contributed by atoms with Gasteiger partial charge in [-0.3, -0.25) is 14.5 Å². The molecule has 0 bridgehead atoms. The van der Waals surface area contributed by atoms with Crippen molar-refractivity contribution < 1.29 is 27.9 Å². The van der Waals surface area contributed by atoms with Crippen molar-refractivity contribution in [1.82, 2.24) is 10.2 Å². The lowest BCUT2D eigenvalue weighted by atomic mass is 9.91. The van der Waals surface area contributed by atoms with E-state index in [4.69, 9.17) is 5.11 Å². The van der Waals surface area contributed by atoms with Gasteiger partial charge in [-0.15, -0.1) is 0 Å². The first-order valence-electron chi connectivity index (χ1n) is 6.01. The molecule has 1 aliphatic rings. The summed E-state index contributed by atoms with van der Waals surface area (Å²) in [5, 5.41) is 10.8. The van der Waals surface area contributed by atoms with Crippen LogP contribution in [0.3, 0.4) is 0 Å². The maximum absolute atomic E-state index is 11.9. The molecule has 2 unspecified atom stereocenters. The van der Waals surface area contributed by atoms with Gasteiger partial charge >= 0.3 is 12.1 Å². The van der Waals surface area contributed by atoms with E-state index in [9.17, 15) is 22.8 Å². The number of nitrogens with zero attached hydrogens (tertiary/aromatic N) is 1. The highest BCUT2D eigenvalue weighted by atomic mass is 19.4. The Morgan fingerprint density at radius 2 is 2.05 bits per heavy atom. The van der Waals surface area contributed by atoms with E-state index >= 15 is 0 Å². The molecule has 0 aromatic carbocycles. The SMILES string of the molecule is CC1CCCN(CC(=O)NCC(F)(F)F)C1C(=O)O. The number of likely N-dealkylation sites (tertiary alicyclic amines) is 1. The standard InChI is InChI=1S/C11H17F3N2O3/c1-7-3-2-4-16(9(7)10(18)19)5-8(17)15-6-11(12,13)14/h7,9H,2-6H2,1H3,(H,15,17)(H,18,19). The van der Waals surface area contributed by atoms with Gasteiger partial charge in [0, 0.05) is 0 Å². The minimum atomic E-state index is -4.46. The Labute approximate surface area is 108 Å². The van der Waals surface area contributed by atoms with Crippen molar-refractivity contribution in [3.63, 3.8) is 0 Å². The van der Waals surface area contributed by atoms with Crippen LogP contribution < -0.4 is 5.32 Å². The minimum Gasteiger partial charge on any atom is -0.480 e. The van der Waals surface area contributed by atoms with Crippen LogP contribution in [0.2, 0.25) is 0 Å². The minimum absolute atomic E-state index is 0.123. The summed E-state index contributed by atoms with van der Waals surface area (Å²) in [5.74, 6) is -1.98. The normalized spacial score (nSPS) is 25.1. The number of alkyl halides is 3. The molecule has 1 saturated heterocycles. The molecule has 1 rings (SSSR count). The van der Waals surface area contributed by atoms with Crippen molar-refractivity contribution in [2.45, 2.75) is 32.0 Å². The Balaban J connectivity index is 2.53. The highest BCUT2D eigenvalue weighted by Gasteiger charge is 2.35. The molecule has 0 radical (unpaired) electrons. The molecule has 1 heterocycles. The molecule has 5 nitrogen and oxygen atoms in total. The molecule has 1 aliphatic heterocycles. The fourth-order valence-electron chi connectivity index (χ4n) is 2.29. The fraction of sp³-hybridized carbons (Fsp3) is 0.818. The van der Waals surface area contributed by atoms with Gasteiger partial charge in [0.2, 0.25) is 5.91 Å². The van der Waals surface area contributed by atoms with Gasteiger partial charge in [-0.1, -0.05) is 6.92 Å². The zero-order chi connectivity index (χ0) is 14.6. The monoisotopic (exact) mass is 282 g/mol. The van der Waals surface area contributed by atoms with Crippen LogP contribution in [0.15, 0.2) is 0 Å². The van der Waals surface area contributed by atoms with Crippen LogP contribution in [0.5, 0.6) is 0 Å². The first-order chi connectivity index (χ1) is 8.70. The van der Waals surface area contributed by atoms with Crippen molar-refractivity contribution in [3.05, 3.63) is 0 Å². The smallest absolute Gasteiger partial charge is 0.405 e. The number of carbonyl (C=O) groups excluding carboxylic acids is 1. The molecule has 0 spiro atoms.